The number of benzene rings is 2. The molecule has 0 saturated carbocycles. The summed E-state index contributed by atoms with van der Waals surface area (Å²) >= 11 is 4.80. The van der Waals surface area contributed by atoms with Crippen molar-refractivity contribution in [3.8, 4) is 11.8 Å². The van der Waals surface area contributed by atoms with Crippen molar-refractivity contribution in [1.82, 2.24) is 0 Å². The second kappa shape index (κ2) is 12.2. The molecule has 0 atom stereocenters. The molecule has 1 amide bonds. The van der Waals surface area contributed by atoms with Gasteiger partial charge < -0.3 is 14.8 Å². The Bertz CT molecular complexity index is 1410. The van der Waals surface area contributed by atoms with Gasteiger partial charge in [0.25, 0.3) is 5.91 Å². The van der Waals surface area contributed by atoms with Crippen LogP contribution in [0.3, 0.4) is 0 Å². The van der Waals surface area contributed by atoms with Gasteiger partial charge in [0, 0.05) is 10.4 Å². The lowest BCUT2D eigenvalue weighted by Gasteiger charge is -2.12. The average Bonchev–Trinajstić information content (AvgIpc) is 3.25. The second-order valence-corrected chi connectivity index (χ2v) is 10.3. The minimum Gasteiger partial charge on any atom is -0.488 e. The number of amides is 1. The first-order chi connectivity index (χ1) is 17.9. The van der Waals surface area contributed by atoms with Gasteiger partial charge in [0.2, 0.25) is 0 Å². The van der Waals surface area contributed by atoms with E-state index in [9.17, 15) is 19.2 Å². The number of rotatable bonds is 8. The first kappa shape index (κ1) is 26.6. The molecule has 0 radical (unpaired) electrons. The lowest BCUT2D eigenvalue weighted by molar-refractivity contribution is -0.112. The number of carbonyl (C=O) groups is 2. The van der Waals surface area contributed by atoms with Crippen LogP contribution in [0.1, 0.15) is 51.7 Å². The molecule has 2 aromatic carbocycles. The minimum absolute atomic E-state index is 0.0555. The van der Waals surface area contributed by atoms with E-state index in [4.69, 9.17) is 9.47 Å². The third kappa shape index (κ3) is 6.27. The fourth-order valence-electron chi connectivity index (χ4n) is 4.05. The Morgan fingerprint density at radius 2 is 2.00 bits per heavy atom. The van der Waals surface area contributed by atoms with Crippen molar-refractivity contribution in [2.45, 2.75) is 39.2 Å². The zero-order valence-corrected chi connectivity index (χ0v) is 22.5. The van der Waals surface area contributed by atoms with Crippen LogP contribution in [-0.4, -0.2) is 18.5 Å². The summed E-state index contributed by atoms with van der Waals surface area (Å²) in [6.07, 6.45) is 5.07. The molecule has 6 nitrogen and oxygen atoms in total. The first-order valence-corrected chi connectivity index (χ1v) is 13.4. The maximum absolute atomic E-state index is 13.9. The first-order valence-electron chi connectivity index (χ1n) is 11.8. The summed E-state index contributed by atoms with van der Waals surface area (Å²) in [6, 6.07) is 13.4. The summed E-state index contributed by atoms with van der Waals surface area (Å²) in [7, 11) is 0. The summed E-state index contributed by atoms with van der Waals surface area (Å²) in [4.78, 5) is 26.7. The molecule has 0 unspecified atom stereocenters. The number of nitriles is 1. The number of carbonyl (C=O) groups excluding carboxylic acids is 2. The number of hydrogen-bond donors (Lipinski definition) is 1. The molecule has 0 fully saturated rings. The largest absolute Gasteiger partial charge is 0.488 e. The van der Waals surface area contributed by atoms with Crippen LogP contribution in [-0.2, 0) is 29.0 Å². The summed E-state index contributed by atoms with van der Waals surface area (Å²) in [6.45, 7) is 2.02. The third-order valence-corrected chi connectivity index (χ3v) is 7.68. The Hall–Kier alpha value is -3.48. The molecule has 1 aliphatic carbocycles. The van der Waals surface area contributed by atoms with Crippen molar-refractivity contribution in [2.24, 2.45) is 0 Å². The molecule has 3 aromatic rings. The van der Waals surface area contributed by atoms with Gasteiger partial charge in [-0.15, -0.1) is 11.3 Å². The smallest absolute Gasteiger partial charge is 0.341 e. The Morgan fingerprint density at radius 3 is 2.73 bits per heavy atom. The fourth-order valence-corrected chi connectivity index (χ4v) is 5.84. The van der Waals surface area contributed by atoms with Gasteiger partial charge in [-0.25, -0.2) is 9.18 Å². The van der Waals surface area contributed by atoms with E-state index in [0.29, 0.717) is 31.9 Å². The molecule has 1 aliphatic rings. The zero-order valence-electron chi connectivity index (χ0n) is 20.1. The molecule has 1 N–H and O–H groups in total. The number of ether oxygens (including phenoxy) is 2. The van der Waals surface area contributed by atoms with Crippen LogP contribution in [0.25, 0.3) is 6.08 Å². The van der Waals surface area contributed by atoms with E-state index in [1.807, 2.05) is 6.07 Å². The molecule has 0 spiro atoms. The molecule has 1 aromatic heterocycles. The monoisotopic (exact) mass is 582 g/mol. The molecule has 9 heteroatoms. The summed E-state index contributed by atoms with van der Waals surface area (Å²) < 4.78 is 25.4. The van der Waals surface area contributed by atoms with Crippen molar-refractivity contribution < 1.29 is 23.5 Å². The Labute approximate surface area is 226 Å². The number of hydrogen-bond acceptors (Lipinski definition) is 6. The number of thiophene rings is 1. The lowest BCUT2D eigenvalue weighted by Crippen LogP contribution is -2.16. The van der Waals surface area contributed by atoms with Gasteiger partial charge in [0.1, 0.15) is 34.8 Å². The van der Waals surface area contributed by atoms with E-state index in [-0.39, 0.29) is 24.6 Å². The van der Waals surface area contributed by atoms with E-state index in [1.54, 1.807) is 43.3 Å². The zero-order chi connectivity index (χ0) is 26.4. The highest BCUT2D eigenvalue weighted by molar-refractivity contribution is 9.10. The van der Waals surface area contributed by atoms with Crippen molar-refractivity contribution in [3.63, 3.8) is 0 Å². The van der Waals surface area contributed by atoms with Crippen molar-refractivity contribution in [3.05, 3.63) is 85.5 Å². The molecule has 190 valence electrons. The molecule has 37 heavy (non-hydrogen) atoms. The highest BCUT2D eigenvalue weighted by atomic mass is 79.9. The number of halogens is 2. The predicted octanol–water partition coefficient (Wildman–Crippen LogP) is 6.83. The molecular weight excluding hydrogens is 559 g/mol. The van der Waals surface area contributed by atoms with Gasteiger partial charge in [0.05, 0.1) is 16.6 Å². The normalized spacial score (nSPS) is 12.9. The number of nitrogens with one attached hydrogen (secondary N) is 1. The van der Waals surface area contributed by atoms with Gasteiger partial charge in [-0.3, -0.25) is 4.79 Å². The summed E-state index contributed by atoms with van der Waals surface area (Å²) in [5, 5.41) is 12.9. The van der Waals surface area contributed by atoms with E-state index in [1.165, 1.54) is 23.5 Å². The summed E-state index contributed by atoms with van der Waals surface area (Å²) in [5.41, 5.74) is 2.23. The summed E-state index contributed by atoms with van der Waals surface area (Å²) in [5.74, 6) is -0.926. The van der Waals surface area contributed by atoms with E-state index in [0.717, 1.165) is 36.1 Å². The second-order valence-electron chi connectivity index (χ2n) is 8.33. The predicted molar refractivity (Wildman–Crippen MR) is 144 cm³/mol. The Morgan fingerprint density at radius 1 is 1.22 bits per heavy atom. The molecule has 1 heterocycles. The van der Waals surface area contributed by atoms with Crippen molar-refractivity contribution in [1.29, 1.82) is 5.26 Å². The molecule has 4 rings (SSSR count). The van der Waals surface area contributed by atoms with Crippen molar-refractivity contribution in [2.75, 3.05) is 11.9 Å². The van der Waals surface area contributed by atoms with Crippen LogP contribution in [0.15, 0.2) is 52.5 Å². The van der Waals surface area contributed by atoms with Crippen LogP contribution in [0.2, 0.25) is 0 Å². The van der Waals surface area contributed by atoms with Crippen molar-refractivity contribution >= 4 is 50.2 Å². The Balaban J connectivity index is 1.52. The molecular formula is C28H24BrFN2O4S. The maximum Gasteiger partial charge on any atom is 0.341 e. The van der Waals surface area contributed by atoms with Crippen LogP contribution < -0.4 is 10.1 Å². The van der Waals surface area contributed by atoms with E-state index >= 15 is 0 Å². The fraction of sp³-hybridized carbons (Fsp3) is 0.250. The van der Waals surface area contributed by atoms with Gasteiger partial charge in [0.15, 0.2) is 0 Å². The van der Waals surface area contributed by atoms with Crippen LogP contribution in [0, 0.1) is 17.1 Å². The lowest BCUT2D eigenvalue weighted by atomic mass is 9.95. The van der Waals surface area contributed by atoms with Gasteiger partial charge >= 0.3 is 5.97 Å². The number of nitrogens with zero attached hydrogens (tertiary/aromatic N) is 1. The van der Waals surface area contributed by atoms with Gasteiger partial charge in [-0.1, -0.05) is 24.3 Å². The molecule has 0 aliphatic heterocycles. The van der Waals surface area contributed by atoms with Crippen LogP contribution in [0.4, 0.5) is 9.39 Å². The third-order valence-electron chi connectivity index (χ3n) is 5.85. The quantitative estimate of drug-likeness (QED) is 0.179. The molecule has 0 saturated heterocycles. The minimum atomic E-state index is -0.609. The number of esters is 1. The van der Waals surface area contributed by atoms with Gasteiger partial charge in [-0.2, -0.15) is 5.26 Å². The highest BCUT2D eigenvalue weighted by Gasteiger charge is 2.27. The average molecular weight is 583 g/mol. The standard InChI is InChI=1S/C28H24BrFN2O4S/c1-2-35-28(34)25-20-8-4-6-10-24(20)37-27(25)32-26(33)19(15-31)13-17-11-12-23(21(29)14-17)36-16-18-7-3-5-9-22(18)30/h3,5,7,9,11-14H,2,4,6,8,10,16H2,1H3,(H,32,33)/b19-13+. The maximum atomic E-state index is 13.9. The topological polar surface area (TPSA) is 88.4 Å². The SMILES string of the molecule is CCOC(=O)c1c(NC(=O)/C(C#N)=C/c2ccc(OCc3ccccc3F)c(Br)c2)sc2c1CCCC2. The van der Waals surface area contributed by atoms with Crippen LogP contribution >= 0.6 is 27.3 Å². The number of anilines is 1. The van der Waals surface area contributed by atoms with Crippen LogP contribution in [0.5, 0.6) is 5.75 Å². The van der Waals surface area contributed by atoms with E-state index < -0.39 is 11.9 Å². The van der Waals surface area contributed by atoms with E-state index in [2.05, 4.69) is 21.2 Å². The number of aryl methyl sites for hydroxylation is 1. The number of fused-ring (bicyclic) bond motifs is 1. The van der Waals surface area contributed by atoms with Gasteiger partial charge in [-0.05, 0) is 83.9 Å². The molecule has 0 bridgehead atoms. The highest BCUT2D eigenvalue weighted by Crippen LogP contribution is 2.39. The Kier molecular flexibility index (Phi) is 8.74.